The molecular weight excluding hydrogens is 408 g/mol. The monoisotopic (exact) mass is 430 g/mol. The van der Waals surface area contributed by atoms with E-state index in [4.69, 9.17) is 17.0 Å². The van der Waals surface area contributed by atoms with Gasteiger partial charge in [0.1, 0.15) is 10.1 Å². The highest BCUT2D eigenvalue weighted by atomic mass is 35.5. The van der Waals surface area contributed by atoms with Gasteiger partial charge in [0, 0.05) is 43.2 Å². The maximum atomic E-state index is 12.4. The van der Waals surface area contributed by atoms with Gasteiger partial charge in [0.15, 0.2) is 0 Å². The van der Waals surface area contributed by atoms with E-state index in [2.05, 4.69) is 11.0 Å². The van der Waals surface area contributed by atoms with Crippen molar-refractivity contribution in [3.63, 3.8) is 0 Å². The van der Waals surface area contributed by atoms with Gasteiger partial charge < -0.3 is 4.74 Å². The van der Waals surface area contributed by atoms with E-state index in [0.717, 1.165) is 36.5 Å². The molecule has 0 unspecified atom stereocenters. The van der Waals surface area contributed by atoms with Crippen LogP contribution in [0.4, 0.5) is 0 Å². The Hall–Kier alpha value is -0.730. The van der Waals surface area contributed by atoms with Crippen molar-refractivity contribution in [1.82, 2.24) is 9.80 Å². The predicted octanol–water partition coefficient (Wildman–Crippen LogP) is 3.89. The maximum absolute atomic E-state index is 12.4. The second-order valence-electron chi connectivity index (χ2n) is 5.89. The molecule has 142 valence electrons. The molecule has 26 heavy (non-hydrogen) atoms. The first-order chi connectivity index (χ1) is 12.1. The largest absolute Gasteiger partial charge is 0.496 e. The van der Waals surface area contributed by atoms with Gasteiger partial charge in [0.25, 0.3) is 5.91 Å². The number of carbonyl (C=O) groups is 1. The molecule has 1 aromatic rings. The third kappa shape index (κ3) is 4.95. The lowest BCUT2D eigenvalue weighted by atomic mass is 10.1. The van der Waals surface area contributed by atoms with Gasteiger partial charge in [-0.15, -0.1) is 12.4 Å². The Bertz CT molecular complexity index is 706. The molecule has 1 amide bonds. The summed E-state index contributed by atoms with van der Waals surface area (Å²) < 4.78 is 6.17. The number of rotatable bonds is 5. The number of hydrogen-bond acceptors (Lipinski definition) is 6. The Balaban J connectivity index is 0.00000243. The number of thiocarbonyl (C=S) groups is 1. The van der Waals surface area contributed by atoms with Crippen molar-refractivity contribution in [3.05, 3.63) is 34.2 Å². The van der Waals surface area contributed by atoms with Crippen molar-refractivity contribution in [3.8, 4) is 5.75 Å². The molecule has 0 radical (unpaired) electrons. The van der Waals surface area contributed by atoms with Crippen LogP contribution in [0.15, 0.2) is 23.1 Å². The summed E-state index contributed by atoms with van der Waals surface area (Å²) in [5, 5.41) is 0. The summed E-state index contributed by atoms with van der Waals surface area (Å²) in [6.07, 6.45) is 1.93. The first-order valence-corrected chi connectivity index (χ1v) is 10.7. The lowest BCUT2D eigenvalue weighted by molar-refractivity contribution is -0.121. The fraction of sp³-hybridized carbons (Fsp3) is 0.444. The van der Waals surface area contributed by atoms with Crippen LogP contribution in [-0.4, -0.2) is 58.3 Å². The summed E-state index contributed by atoms with van der Waals surface area (Å²) in [5.74, 6) is 3.27. The molecule has 0 atom stereocenters. The van der Waals surface area contributed by atoms with Crippen molar-refractivity contribution in [2.45, 2.75) is 13.5 Å². The van der Waals surface area contributed by atoms with E-state index < -0.39 is 0 Å². The molecule has 0 spiro atoms. The van der Waals surface area contributed by atoms with Crippen LogP contribution in [0.2, 0.25) is 0 Å². The van der Waals surface area contributed by atoms with Gasteiger partial charge in [-0.1, -0.05) is 30.0 Å². The van der Waals surface area contributed by atoms with Crippen molar-refractivity contribution >= 4 is 64.5 Å². The van der Waals surface area contributed by atoms with E-state index in [1.165, 1.54) is 23.3 Å². The minimum Gasteiger partial charge on any atom is -0.496 e. The quantitative estimate of drug-likeness (QED) is 0.520. The average molecular weight is 431 g/mol. The van der Waals surface area contributed by atoms with E-state index in [-0.39, 0.29) is 18.3 Å². The molecule has 0 aliphatic carbocycles. The maximum Gasteiger partial charge on any atom is 0.266 e. The highest BCUT2D eigenvalue weighted by Gasteiger charge is 2.30. The Morgan fingerprint density at radius 3 is 2.65 bits per heavy atom. The molecule has 0 bridgehead atoms. The normalized spacial score (nSPS) is 19.8. The summed E-state index contributed by atoms with van der Waals surface area (Å²) in [7, 11) is 1.71. The number of benzene rings is 1. The molecule has 2 aliphatic rings. The second-order valence-corrected chi connectivity index (χ2v) is 8.79. The number of amides is 1. The molecular formula is C18H23ClN2O2S3. The number of methoxy groups -OCH3 is 1. The van der Waals surface area contributed by atoms with E-state index in [0.29, 0.717) is 15.8 Å². The van der Waals surface area contributed by atoms with Crippen LogP contribution in [0, 0.1) is 0 Å². The molecule has 2 aliphatic heterocycles. The molecule has 4 nitrogen and oxygen atoms in total. The van der Waals surface area contributed by atoms with Crippen LogP contribution in [0.3, 0.4) is 0 Å². The van der Waals surface area contributed by atoms with Gasteiger partial charge in [-0.2, -0.15) is 11.8 Å². The Morgan fingerprint density at radius 2 is 2.04 bits per heavy atom. The summed E-state index contributed by atoms with van der Waals surface area (Å²) in [6, 6.07) is 6.10. The zero-order chi connectivity index (χ0) is 17.8. The lowest BCUT2D eigenvalue weighted by Gasteiger charge is -2.26. The van der Waals surface area contributed by atoms with E-state index in [9.17, 15) is 4.79 Å². The first-order valence-electron chi connectivity index (χ1n) is 8.34. The SMILES string of the molecule is CCN1C(=O)/C(=C/c2ccc(OC)c(CN3CCSCC3)c2)SC1=S.Cl. The number of ether oxygens (including phenoxy) is 1. The standard InChI is InChI=1S/C18H22N2O2S3.ClH/c1-3-20-17(21)16(25-18(20)23)11-13-4-5-15(22-2)14(10-13)12-19-6-8-24-9-7-19;/h4-5,10-11H,3,6-9,12H2,1-2H3;1H/b16-11-;. The number of carbonyl (C=O) groups excluding carboxylic acids is 1. The Kier molecular flexibility index (Phi) is 8.29. The van der Waals surface area contributed by atoms with Crippen molar-refractivity contribution in [1.29, 1.82) is 0 Å². The summed E-state index contributed by atoms with van der Waals surface area (Å²) in [6.45, 7) is 5.64. The highest BCUT2D eigenvalue weighted by Crippen LogP contribution is 2.33. The molecule has 0 N–H and O–H groups in total. The van der Waals surface area contributed by atoms with Gasteiger partial charge in [0.2, 0.25) is 0 Å². The number of likely N-dealkylation sites (N-methyl/N-ethyl adjacent to an activating group) is 1. The Morgan fingerprint density at radius 1 is 1.31 bits per heavy atom. The van der Waals surface area contributed by atoms with Gasteiger partial charge >= 0.3 is 0 Å². The number of hydrogen-bond donors (Lipinski definition) is 0. The van der Waals surface area contributed by atoms with Crippen LogP contribution >= 0.6 is 48.1 Å². The zero-order valence-electron chi connectivity index (χ0n) is 14.9. The molecule has 2 heterocycles. The minimum atomic E-state index is 0. The molecule has 1 aromatic carbocycles. The molecule has 2 fully saturated rings. The third-order valence-electron chi connectivity index (χ3n) is 4.29. The number of nitrogens with zero attached hydrogens (tertiary/aromatic N) is 2. The van der Waals surface area contributed by atoms with Crippen LogP contribution in [0.25, 0.3) is 6.08 Å². The zero-order valence-corrected chi connectivity index (χ0v) is 18.2. The van der Waals surface area contributed by atoms with Crippen LogP contribution in [0.1, 0.15) is 18.1 Å². The van der Waals surface area contributed by atoms with Gasteiger partial charge in [-0.3, -0.25) is 14.6 Å². The summed E-state index contributed by atoms with van der Waals surface area (Å²) >= 11 is 8.67. The number of halogens is 1. The number of thioether (sulfide) groups is 2. The van der Waals surface area contributed by atoms with Gasteiger partial charge in [0.05, 0.1) is 12.0 Å². The van der Waals surface area contributed by atoms with E-state index in [1.807, 2.05) is 36.9 Å². The fourth-order valence-corrected chi connectivity index (χ4v) is 5.30. The average Bonchev–Trinajstić information content (AvgIpc) is 2.89. The Labute approximate surface area is 175 Å². The van der Waals surface area contributed by atoms with Crippen LogP contribution in [-0.2, 0) is 11.3 Å². The van der Waals surface area contributed by atoms with Crippen molar-refractivity contribution < 1.29 is 9.53 Å². The molecule has 2 saturated heterocycles. The van der Waals surface area contributed by atoms with E-state index in [1.54, 1.807) is 12.0 Å². The third-order valence-corrected chi connectivity index (χ3v) is 6.61. The summed E-state index contributed by atoms with van der Waals surface area (Å²) in [4.78, 5) is 17.2. The van der Waals surface area contributed by atoms with Crippen molar-refractivity contribution in [2.24, 2.45) is 0 Å². The molecule has 3 rings (SSSR count). The fourth-order valence-electron chi connectivity index (χ4n) is 2.94. The molecule has 8 heteroatoms. The smallest absolute Gasteiger partial charge is 0.266 e. The molecule has 0 aromatic heterocycles. The van der Waals surface area contributed by atoms with Crippen molar-refractivity contribution in [2.75, 3.05) is 38.2 Å². The van der Waals surface area contributed by atoms with Crippen LogP contribution < -0.4 is 4.74 Å². The van der Waals surface area contributed by atoms with Crippen LogP contribution in [0.5, 0.6) is 5.75 Å². The topological polar surface area (TPSA) is 32.8 Å². The predicted molar refractivity (Wildman–Crippen MR) is 118 cm³/mol. The first kappa shape index (κ1) is 21.6. The minimum absolute atomic E-state index is 0. The lowest BCUT2D eigenvalue weighted by Crippen LogP contribution is -2.32. The van der Waals surface area contributed by atoms with Gasteiger partial charge in [-0.25, -0.2) is 0 Å². The highest BCUT2D eigenvalue weighted by molar-refractivity contribution is 8.26. The second kappa shape index (κ2) is 9.99. The summed E-state index contributed by atoms with van der Waals surface area (Å²) in [5.41, 5.74) is 2.17. The molecule has 0 saturated carbocycles. The van der Waals surface area contributed by atoms with Gasteiger partial charge in [-0.05, 0) is 30.7 Å². The van der Waals surface area contributed by atoms with E-state index >= 15 is 0 Å².